The van der Waals surface area contributed by atoms with Crippen LogP contribution < -0.4 is 4.90 Å². The summed E-state index contributed by atoms with van der Waals surface area (Å²) in [5.74, 6) is 0. The second-order valence-corrected chi connectivity index (χ2v) is 14.1. The molecule has 0 atom stereocenters. The average Bonchev–Trinajstić information content (AvgIpc) is 3.81. The van der Waals surface area contributed by atoms with Gasteiger partial charge in [-0.3, -0.25) is 0 Å². The van der Waals surface area contributed by atoms with Crippen LogP contribution in [0, 0.1) is 0 Å². The van der Waals surface area contributed by atoms with E-state index in [0.717, 1.165) is 55.8 Å². The van der Waals surface area contributed by atoms with E-state index in [2.05, 4.69) is 216 Å². The van der Waals surface area contributed by atoms with Crippen LogP contribution >= 0.6 is 0 Å². The average molecular weight is 703 g/mol. The lowest BCUT2D eigenvalue weighted by Crippen LogP contribution is -2.10. The molecule has 0 aliphatic rings. The highest BCUT2D eigenvalue weighted by molar-refractivity contribution is 6.18. The molecule has 2 aromatic heterocycles. The highest BCUT2D eigenvalue weighted by atomic mass is 16.3. The number of rotatable bonds is 6. The van der Waals surface area contributed by atoms with Crippen LogP contribution in [-0.2, 0) is 0 Å². The molecule has 11 aromatic rings. The van der Waals surface area contributed by atoms with E-state index in [1.807, 2.05) is 0 Å². The number of hydrogen-bond donors (Lipinski definition) is 0. The molecule has 0 amide bonds. The molecule has 0 saturated carbocycles. The molecule has 9 aromatic carbocycles. The Balaban J connectivity index is 1.17. The number of para-hydroxylation sites is 4. The lowest BCUT2D eigenvalue weighted by atomic mass is 9.98. The van der Waals surface area contributed by atoms with Gasteiger partial charge in [0.25, 0.3) is 0 Å². The van der Waals surface area contributed by atoms with Crippen molar-refractivity contribution in [2.24, 2.45) is 0 Å². The van der Waals surface area contributed by atoms with Gasteiger partial charge in [-0.1, -0.05) is 146 Å². The van der Waals surface area contributed by atoms with E-state index >= 15 is 0 Å². The summed E-state index contributed by atoms with van der Waals surface area (Å²) >= 11 is 0. The normalized spacial score (nSPS) is 11.6. The Morgan fingerprint density at radius 3 is 1.78 bits per heavy atom. The van der Waals surface area contributed by atoms with Crippen LogP contribution in [0.2, 0.25) is 0 Å². The number of benzene rings is 9. The Bertz CT molecular complexity index is 3150. The van der Waals surface area contributed by atoms with Crippen molar-refractivity contribution in [1.82, 2.24) is 4.57 Å². The first-order valence-corrected chi connectivity index (χ1v) is 18.8. The van der Waals surface area contributed by atoms with E-state index in [4.69, 9.17) is 4.42 Å². The Labute approximate surface area is 318 Å². The molecule has 0 fully saturated rings. The van der Waals surface area contributed by atoms with Gasteiger partial charge in [-0.2, -0.15) is 0 Å². The van der Waals surface area contributed by atoms with Crippen LogP contribution in [0.5, 0.6) is 0 Å². The van der Waals surface area contributed by atoms with Crippen LogP contribution in [0.25, 0.3) is 82.5 Å². The minimum absolute atomic E-state index is 0.860. The second kappa shape index (κ2) is 12.6. The number of furan rings is 1. The van der Waals surface area contributed by atoms with Crippen molar-refractivity contribution in [3.05, 3.63) is 206 Å². The van der Waals surface area contributed by atoms with E-state index in [0.29, 0.717) is 0 Å². The van der Waals surface area contributed by atoms with Gasteiger partial charge in [0.15, 0.2) is 0 Å². The molecule has 55 heavy (non-hydrogen) atoms. The largest absolute Gasteiger partial charge is 0.455 e. The summed E-state index contributed by atoms with van der Waals surface area (Å²) in [5, 5.41) is 7.03. The van der Waals surface area contributed by atoms with Crippen molar-refractivity contribution >= 4 is 71.6 Å². The van der Waals surface area contributed by atoms with Gasteiger partial charge >= 0.3 is 0 Å². The van der Waals surface area contributed by atoms with Gasteiger partial charge in [0, 0.05) is 38.7 Å². The second-order valence-electron chi connectivity index (χ2n) is 14.1. The summed E-state index contributed by atoms with van der Waals surface area (Å²) in [7, 11) is 0. The number of aromatic nitrogens is 1. The first-order chi connectivity index (χ1) is 27.3. The molecule has 0 saturated heterocycles. The fourth-order valence-electron chi connectivity index (χ4n) is 8.46. The van der Waals surface area contributed by atoms with Crippen molar-refractivity contribution in [1.29, 1.82) is 0 Å². The van der Waals surface area contributed by atoms with Gasteiger partial charge < -0.3 is 13.9 Å². The van der Waals surface area contributed by atoms with Crippen LogP contribution in [0.3, 0.4) is 0 Å². The quantitative estimate of drug-likeness (QED) is 0.172. The lowest BCUT2D eigenvalue weighted by Gasteiger charge is -2.27. The van der Waals surface area contributed by atoms with Crippen molar-refractivity contribution in [2.75, 3.05) is 4.90 Å². The Morgan fingerprint density at radius 1 is 0.400 bits per heavy atom. The molecule has 3 heteroatoms. The molecule has 0 radical (unpaired) electrons. The van der Waals surface area contributed by atoms with E-state index in [9.17, 15) is 0 Å². The maximum absolute atomic E-state index is 6.96. The molecule has 0 spiro atoms. The van der Waals surface area contributed by atoms with E-state index in [1.165, 1.54) is 43.7 Å². The molecule has 0 bridgehead atoms. The van der Waals surface area contributed by atoms with Crippen molar-refractivity contribution in [3.8, 4) is 27.9 Å². The predicted molar refractivity (Wildman–Crippen MR) is 231 cm³/mol. The topological polar surface area (TPSA) is 21.3 Å². The standard InChI is InChI=1S/C52H34N2O/c1-2-14-35(15-3-1)37-26-29-39(30-27-37)53(40-31-28-36-16-4-5-17-38(36)34-40)49-33-32-44(52-51(49)45-21-9-13-25-50(45)55-52)43-20-8-12-24-48(43)54-46-22-10-6-18-41(46)42-19-7-11-23-47(42)54/h1-34H. The summed E-state index contributed by atoms with van der Waals surface area (Å²) in [6.45, 7) is 0. The highest BCUT2D eigenvalue weighted by Crippen LogP contribution is 2.48. The molecule has 11 rings (SSSR count). The molecule has 0 N–H and O–H groups in total. The van der Waals surface area contributed by atoms with Crippen LogP contribution in [0.1, 0.15) is 0 Å². The zero-order valence-corrected chi connectivity index (χ0v) is 29.9. The number of fused-ring (bicyclic) bond motifs is 7. The molecular weight excluding hydrogens is 669 g/mol. The minimum Gasteiger partial charge on any atom is -0.455 e. The number of anilines is 3. The Morgan fingerprint density at radius 2 is 1.00 bits per heavy atom. The molecule has 0 aliphatic heterocycles. The Hall–Kier alpha value is -7.36. The molecule has 2 heterocycles. The first kappa shape index (κ1) is 31.2. The summed E-state index contributed by atoms with van der Waals surface area (Å²) < 4.78 is 9.36. The van der Waals surface area contributed by atoms with Gasteiger partial charge in [0.05, 0.1) is 27.8 Å². The number of hydrogen-bond acceptors (Lipinski definition) is 2. The van der Waals surface area contributed by atoms with Gasteiger partial charge in [-0.25, -0.2) is 0 Å². The van der Waals surface area contributed by atoms with Crippen molar-refractivity contribution in [3.63, 3.8) is 0 Å². The van der Waals surface area contributed by atoms with E-state index in [-0.39, 0.29) is 0 Å². The summed E-state index contributed by atoms with van der Waals surface area (Å²) in [6, 6.07) is 73.8. The lowest BCUT2D eigenvalue weighted by molar-refractivity contribution is 0.670. The molecule has 0 unspecified atom stereocenters. The summed E-state index contributed by atoms with van der Waals surface area (Å²) in [6.07, 6.45) is 0. The maximum atomic E-state index is 6.96. The van der Waals surface area contributed by atoms with E-state index in [1.54, 1.807) is 0 Å². The van der Waals surface area contributed by atoms with Crippen LogP contribution in [0.15, 0.2) is 211 Å². The molecule has 3 nitrogen and oxygen atoms in total. The zero-order valence-electron chi connectivity index (χ0n) is 29.9. The summed E-state index contributed by atoms with van der Waals surface area (Å²) in [5.41, 5.74) is 12.9. The van der Waals surface area contributed by atoms with Gasteiger partial charge in [-0.05, 0) is 82.6 Å². The third kappa shape index (κ3) is 5.05. The summed E-state index contributed by atoms with van der Waals surface area (Å²) in [4.78, 5) is 2.38. The van der Waals surface area contributed by atoms with Gasteiger partial charge in [0.1, 0.15) is 11.2 Å². The van der Waals surface area contributed by atoms with Gasteiger partial charge in [0.2, 0.25) is 0 Å². The predicted octanol–water partition coefficient (Wildman–Crippen LogP) is 14.6. The first-order valence-electron chi connectivity index (χ1n) is 18.8. The minimum atomic E-state index is 0.860. The maximum Gasteiger partial charge on any atom is 0.145 e. The third-order valence-electron chi connectivity index (χ3n) is 11.0. The third-order valence-corrected chi connectivity index (χ3v) is 11.0. The fourth-order valence-corrected chi connectivity index (χ4v) is 8.46. The van der Waals surface area contributed by atoms with Crippen molar-refractivity contribution < 1.29 is 4.42 Å². The van der Waals surface area contributed by atoms with Crippen LogP contribution in [0.4, 0.5) is 17.1 Å². The molecular formula is C52H34N2O. The smallest absolute Gasteiger partial charge is 0.145 e. The van der Waals surface area contributed by atoms with Crippen LogP contribution in [-0.4, -0.2) is 4.57 Å². The SMILES string of the molecule is c1ccc(-c2ccc(N(c3ccc4ccccc4c3)c3ccc(-c4ccccc4-n4c5ccccc5c5ccccc54)c4oc5ccccc5c34)cc2)cc1. The van der Waals surface area contributed by atoms with Gasteiger partial charge in [-0.15, -0.1) is 0 Å². The van der Waals surface area contributed by atoms with E-state index < -0.39 is 0 Å². The highest BCUT2D eigenvalue weighted by Gasteiger charge is 2.24. The molecule has 258 valence electrons. The zero-order chi connectivity index (χ0) is 36.3. The monoisotopic (exact) mass is 702 g/mol. The van der Waals surface area contributed by atoms with Crippen molar-refractivity contribution in [2.45, 2.75) is 0 Å². The fraction of sp³-hybridized carbons (Fsp3) is 0. The number of nitrogens with zero attached hydrogens (tertiary/aromatic N) is 2. The molecule has 0 aliphatic carbocycles. The Kier molecular flexibility index (Phi) is 7.17.